The number of para-hydroxylation sites is 1. The third-order valence-corrected chi connectivity index (χ3v) is 3.32. The van der Waals surface area contributed by atoms with Gasteiger partial charge >= 0.3 is 0 Å². The topological polar surface area (TPSA) is 71.7 Å². The summed E-state index contributed by atoms with van der Waals surface area (Å²) in [4.78, 5) is 4.43. The molecule has 1 unspecified atom stereocenters. The fourth-order valence-corrected chi connectivity index (χ4v) is 2.02. The maximum absolute atomic E-state index is 13.7. The molecule has 1 heterocycles. The first-order valence-electron chi connectivity index (χ1n) is 8.05. The van der Waals surface area contributed by atoms with Crippen LogP contribution in [-0.2, 0) is 6.54 Å². The first kappa shape index (κ1) is 21.2. The maximum atomic E-state index is 13.7. The summed E-state index contributed by atoms with van der Waals surface area (Å²) < 4.78 is 24.2. The van der Waals surface area contributed by atoms with Crippen LogP contribution in [0.25, 0.3) is 0 Å². The lowest BCUT2D eigenvalue weighted by atomic mass is 10.2. The minimum Gasteiger partial charge on any atom is -0.486 e. The highest BCUT2D eigenvalue weighted by molar-refractivity contribution is 14.0. The fourth-order valence-electron chi connectivity index (χ4n) is 2.02. The molecule has 0 saturated heterocycles. The van der Waals surface area contributed by atoms with E-state index in [9.17, 15) is 4.39 Å². The molecule has 1 atom stereocenters. The number of aromatic nitrogens is 1. The summed E-state index contributed by atoms with van der Waals surface area (Å²) in [5, 5.41) is 10.2. The molecule has 0 saturated carbocycles. The van der Waals surface area contributed by atoms with Crippen LogP contribution in [0.2, 0.25) is 0 Å². The van der Waals surface area contributed by atoms with E-state index >= 15 is 0 Å². The van der Waals surface area contributed by atoms with Gasteiger partial charge in [-0.3, -0.25) is 0 Å². The molecule has 0 amide bonds. The van der Waals surface area contributed by atoms with E-state index in [4.69, 9.17) is 9.26 Å². The normalized spacial score (nSPS) is 12.2. The number of guanidine groups is 1. The highest BCUT2D eigenvalue weighted by Crippen LogP contribution is 2.17. The van der Waals surface area contributed by atoms with Gasteiger partial charge in [0.15, 0.2) is 17.5 Å². The molecule has 0 fully saturated rings. The van der Waals surface area contributed by atoms with Crippen LogP contribution in [0.4, 0.5) is 4.39 Å². The Kier molecular flexibility index (Phi) is 9.90. The molecule has 1 aromatic heterocycles. The third kappa shape index (κ3) is 7.29. The molecule has 0 aliphatic carbocycles. The fraction of sp³-hybridized carbons (Fsp3) is 0.412. The summed E-state index contributed by atoms with van der Waals surface area (Å²) in [5.74, 6) is 0.550. The Morgan fingerprint density at radius 2 is 2.08 bits per heavy atom. The number of aliphatic imine (C=N–C) groups is 1. The molecule has 6 nitrogen and oxygen atoms in total. The molecular weight excluding hydrogens is 438 g/mol. The second-order valence-corrected chi connectivity index (χ2v) is 5.15. The standard InChI is InChI=1S/C17H23FN4O2.HI/c1-3-14(24-16-8-6-5-7-15(16)18)12-21-17(19-4-2)20-11-13-9-10-23-22-13;/h5-10,14H,3-4,11-12H2,1-2H3,(H2,19,20,21);1H. The summed E-state index contributed by atoms with van der Waals surface area (Å²) in [5.41, 5.74) is 0.752. The van der Waals surface area contributed by atoms with Crippen molar-refractivity contribution in [1.82, 2.24) is 15.8 Å². The molecule has 8 heteroatoms. The Bertz CT molecular complexity index is 637. The predicted octanol–water partition coefficient (Wildman–Crippen LogP) is 3.34. The zero-order chi connectivity index (χ0) is 17.2. The van der Waals surface area contributed by atoms with Crippen molar-refractivity contribution >= 4 is 29.9 Å². The quantitative estimate of drug-likeness (QED) is 0.358. The Labute approximate surface area is 164 Å². The molecule has 2 rings (SSSR count). The van der Waals surface area contributed by atoms with Gasteiger partial charge < -0.3 is 19.9 Å². The molecule has 0 bridgehead atoms. The smallest absolute Gasteiger partial charge is 0.191 e. The van der Waals surface area contributed by atoms with E-state index in [1.165, 1.54) is 12.3 Å². The molecular formula is C17H24FIN4O2. The van der Waals surface area contributed by atoms with Crippen LogP contribution in [0.15, 0.2) is 46.1 Å². The average Bonchev–Trinajstić information content (AvgIpc) is 3.11. The SMILES string of the molecule is CCNC(=NCc1ccon1)NCC(CC)Oc1ccccc1F.I. The second-order valence-electron chi connectivity index (χ2n) is 5.15. The summed E-state index contributed by atoms with van der Waals surface area (Å²) in [6.07, 6.45) is 2.09. The van der Waals surface area contributed by atoms with Gasteiger partial charge in [-0.05, 0) is 25.5 Å². The van der Waals surface area contributed by atoms with Gasteiger partial charge in [0.25, 0.3) is 0 Å². The molecule has 0 radical (unpaired) electrons. The van der Waals surface area contributed by atoms with Gasteiger partial charge in [0, 0.05) is 12.6 Å². The number of hydrogen-bond donors (Lipinski definition) is 2. The van der Waals surface area contributed by atoms with Crippen molar-refractivity contribution in [2.75, 3.05) is 13.1 Å². The molecule has 1 aromatic carbocycles. The first-order valence-corrected chi connectivity index (χ1v) is 8.05. The van der Waals surface area contributed by atoms with Crippen LogP contribution in [-0.4, -0.2) is 30.3 Å². The number of rotatable bonds is 8. The lowest BCUT2D eigenvalue weighted by Crippen LogP contribution is -2.42. The van der Waals surface area contributed by atoms with Crippen LogP contribution in [0.5, 0.6) is 5.75 Å². The van der Waals surface area contributed by atoms with Crippen LogP contribution >= 0.6 is 24.0 Å². The van der Waals surface area contributed by atoms with Gasteiger partial charge in [0.1, 0.15) is 18.1 Å². The Morgan fingerprint density at radius 3 is 2.72 bits per heavy atom. The number of benzene rings is 1. The van der Waals surface area contributed by atoms with Crippen molar-refractivity contribution in [3.05, 3.63) is 48.1 Å². The molecule has 0 aliphatic rings. The average molecular weight is 462 g/mol. The number of halogens is 2. The highest BCUT2D eigenvalue weighted by Gasteiger charge is 2.12. The molecule has 25 heavy (non-hydrogen) atoms. The Morgan fingerprint density at radius 1 is 1.28 bits per heavy atom. The summed E-state index contributed by atoms with van der Waals surface area (Å²) >= 11 is 0. The van der Waals surface area contributed by atoms with E-state index in [1.807, 2.05) is 13.8 Å². The predicted molar refractivity (Wildman–Crippen MR) is 106 cm³/mol. The van der Waals surface area contributed by atoms with Crippen molar-refractivity contribution in [2.24, 2.45) is 4.99 Å². The highest BCUT2D eigenvalue weighted by atomic mass is 127. The van der Waals surface area contributed by atoms with E-state index in [2.05, 4.69) is 20.8 Å². The van der Waals surface area contributed by atoms with Crippen LogP contribution in [0.1, 0.15) is 26.0 Å². The molecule has 0 spiro atoms. The third-order valence-electron chi connectivity index (χ3n) is 3.32. The van der Waals surface area contributed by atoms with Crippen molar-refractivity contribution < 1.29 is 13.7 Å². The minimum atomic E-state index is -0.359. The van der Waals surface area contributed by atoms with Gasteiger partial charge in [0.05, 0.1) is 13.1 Å². The Balaban J connectivity index is 0.00000312. The zero-order valence-corrected chi connectivity index (χ0v) is 16.7. The lowest BCUT2D eigenvalue weighted by molar-refractivity contribution is 0.191. The lowest BCUT2D eigenvalue weighted by Gasteiger charge is -2.20. The van der Waals surface area contributed by atoms with Gasteiger partial charge in [-0.25, -0.2) is 9.38 Å². The van der Waals surface area contributed by atoms with E-state index < -0.39 is 0 Å². The molecule has 0 aliphatic heterocycles. The van der Waals surface area contributed by atoms with Crippen LogP contribution in [0.3, 0.4) is 0 Å². The van der Waals surface area contributed by atoms with Crippen LogP contribution in [0, 0.1) is 5.82 Å². The van der Waals surface area contributed by atoms with E-state index in [-0.39, 0.29) is 41.6 Å². The summed E-state index contributed by atoms with van der Waals surface area (Å²) in [7, 11) is 0. The number of ether oxygens (including phenoxy) is 1. The monoisotopic (exact) mass is 462 g/mol. The molecule has 2 aromatic rings. The zero-order valence-electron chi connectivity index (χ0n) is 14.4. The summed E-state index contributed by atoms with van der Waals surface area (Å²) in [6.45, 7) is 5.63. The summed E-state index contributed by atoms with van der Waals surface area (Å²) in [6, 6.07) is 8.17. The number of nitrogens with zero attached hydrogens (tertiary/aromatic N) is 2. The maximum Gasteiger partial charge on any atom is 0.191 e. The van der Waals surface area contributed by atoms with Crippen molar-refractivity contribution in [3.8, 4) is 5.75 Å². The minimum absolute atomic E-state index is 0. The van der Waals surface area contributed by atoms with E-state index in [0.29, 0.717) is 19.0 Å². The molecule has 138 valence electrons. The first-order chi connectivity index (χ1) is 11.7. The van der Waals surface area contributed by atoms with Gasteiger partial charge in [0.2, 0.25) is 0 Å². The molecule has 2 N–H and O–H groups in total. The van der Waals surface area contributed by atoms with Gasteiger partial charge in [-0.15, -0.1) is 24.0 Å². The van der Waals surface area contributed by atoms with Crippen molar-refractivity contribution in [2.45, 2.75) is 32.9 Å². The van der Waals surface area contributed by atoms with Crippen LogP contribution < -0.4 is 15.4 Å². The van der Waals surface area contributed by atoms with E-state index in [0.717, 1.165) is 18.7 Å². The van der Waals surface area contributed by atoms with Gasteiger partial charge in [-0.1, -0.05) is 24.2 Å². The van der Waals surface area contributed by atoms with Crippen molar-refractivity contribution in [1.29, 1.82) is 0 Å². The van der Waals surface area contributed by atoms with Gasteiger partial charge in [-0.2, -0.15) is 0 Å². The number of hydrogen-bond acceptors (Lipinski definition) is 4. The largest absolute Gasteiger partial charge is 0.486 e. The Hall–Kier alpha value is -1.84. The van der Waals surface area contributed by atoms with Crippen molar-refractivity contribution in [3.63, 3.8) is 0 Å². The number of nitrogens with one attached hydrogen (secondary N) is 2. The van der Waals surface area contributed by atoms with E-state index in [1.54, 1.807) is 24.3 Å². The second kappa shape index (κ2) is 11.7.